The minimum atomic E-state index is -4.36. The summed E-state index contributed by atoms with van der Waals surface area (Å²) in [5.74, 6) is 0.512. The molecule has 0 spiro atoms. The van der Waals surface area contributed by atoms with E-state index < -0.39 is 17.3 Å². The summed E-state index contributed by atoms with van der Waals surface area (Å²) < 4.78 is 36.9. The molecule has 1 atom stereocenters. The van der Waals surface area contributed by atoms with Gasteiger partial charge in [0, 0.05) is 17.5 Å². The molecular weight excluding hydrogens is 265 g/mol. The van der Waals surface area contributed by atoms with E-state index in [1.54, 1.807) is 7.05 Å². The molecule has 0 saturated heterocycles. The molecule has 102 valence electrons. The molecular formula is C11H15F3N2OS. The van der Waals surface area contributed by atoms with Crippen LogP contribution in [0.25, 0.3) is 0 Å². The Kier molecular flexibility index (Phi) is 5.01. The Morgan fingerprint density at radius 1 is 1.39 bits per heavy atom. The van der Waals surface area contributed by atoms with Crippen molar-refractivity contribution in [3.8, 4) is 0 Å². The Morgan fingerprint density at radius 3 is 2.44 bits per heavy atom. The van der Waals surface area contributed by atoms with Crippen molar-refractivity contribution >= 4 is 11.8 Å². The zero-order valence-corrected chi connectivity index (χ0v) is 10.9. The number of halogens is 3. The van der Waals surface area contributed by atoms with Crippen molar-refractivity contribution in [1.29, 1.82) is 0 Å². The molecule has 1 aromatic rings. The third kappa shape index (κ3) is 4.15. The van der Waals surface area contributed by atoms with Crippen LogP contribution in [0.3, 0.4) is 0 Å². The molecule has 0 aliphatic heterocycles. The maximum atomic E-state index is 12.3. The van der Waals surface area contributed by atoms with Crippen LogP contribution in [0.1, 0.15) is 12.5 Å². The van der Waals surface area contributed by atoms with E-state index >= 15 is 0 Å². The molecule has 1 aromatic heterocycles. The monoisotopic (exact) mass is 280 g/mol. The predicted octanol–water partition coefficient (Wildman–Crippen LogP) is 2.16. The lowest BCUT2D eigenvalue weighted by Gasteiger charge is -2.25. The van der Waals surface area contributed by atoms with Gasteiger partial charge in [0.2, 0.25) is 0 Å². The third-order valence-corrected chi connectivity index (χ3v) is 3.87. The van der Waals surface area contributed by atoms with Gasteiger partial charge < -0.3 is 10.4 Å². The molecule has 2 N–H and O–H groups in total. The summed E-state index contributed by atoms with van der Waals surface area (Å²) >= 11 is 1.29. The summed E-state index contributed by atoms with van der Waals surface area (Å²) in [6, 6.07) is 2.34. The first-order valence-electron chi connectivity index (χ1n) is 5.26. The minimum Gasteiger partial charge on any atom is -0.394 e. The zero-order valence-electron chi connectivity index (χ0n) is 10.1. The quantitative estimate of drug-likeness (QED) is 0.811. The summed E-state index contributed by atoms with van der Waals surface area (Å²) in [6.45, 7) is 1.77. The Balaban J connectivity index is 2.65. The van der Waals surface area contributed by atoms with Crippen molar-refractivity contribution in [3.63, 3.8) is 0 Å². The van der Waals surface area contributed by atoms with Crippen LogP contribution in [-0.4, -0.2) is 35.0 Å². The molecule has 0 radical (unpaired) electrons. The normalized spacial score (nSPS) is 15.4. The van der Waals surface area contributed by atoms with Gasteiger partial charge in [-0.1, -0.05) is 0 Å². The van der Waals surface area contributed by atoms with Crippen LogP contribution in [-0.2, 0) is 6.18 Å². The van der Waals surface area contributed by atoms with Crippen LogP contribution in [0.15, 0.2) is 23.4 Å². The number of aliphatic hydroxyl groups is 1. The van der Waals surface area contributed by atoms with Crippen LogP contribution < -0.4 is 5.32 Å². The number of hydrogen-bond donors (Lipinski definition) is 2. The van der Waals surface area contributed by atoms with Gasteiger partial charge in [0.1, 0.15) is 0 Å². The number of pyridine rings is 1. The van der Waals surface area contributed by atoms with E-state index in [-0.39, 0.29) is 6.61 Å². The van der Waals surface area contributed by atoms with E-state index in [0.29, 0.717) is 10.8 Å². The van der Waals surface area contributed by atoms with Crippen molar-refractivity contribution in [2.24, 2.45) is 0 Å². The fourth-order valence-electron chi connectivity index (χ4n) is 1.06. The van der Waals surface area contributed by atoms with Crippen LogP contribution in [0.5, 0.6) is 0 Å². The Bertz CT molecular complexity index is 377. The molecule has 1 heterocycles. The van der Waals surface area contributed by atoms with Gasteiger partial charge in [-0.2, -0.15) is 13.2 Å². The van der Waals surface area contributed by atoms with Gasteiger partial charge in [0.05, 0.1) is 17.2 Å². The topological polar surface area (TPSA) is 45.1 Å². The van der Waals surface area contributed by atoms with Crippen molar-refractivity contribution < 1.29 is 18.3 Å². The standard InChI is InChI=1S/C11H15F3N2OS/c1-10(6-17,15-2)7-18-9-4-3-8(5-16-9)11(12,13)14/h3-5,15,17H,6-7H2,1-2H3. The molecule has 0 amide bonds. The van der Waals surface area contributed by atoms with Gasteiger partial charge in [-0.25, -0.2) is 4.98 Å². The first kappa shape index (κ1) is 15.3. The number of rotatable bonds is 5. The fourth-order valence-corrected chi connectivity index (χ4v) is 2.06. The molecule has 1 rings (SSSR count). The highest BCUT2D eigenvalue weighted by molar-refractivity contribution is 7.99. The number of aliphatic hydroxyl groups excluding tert-OH is 1. The van der Waals surface area contributed by atoms with Gasteiger partial charge in [-0.05, 0) is 26.1 Å². The SMILES string of the molecule is CNC(C)(CO)CSc1ccc(C(F)(F)F)cn1. The molecule has 0 fully saturated rings. The highest BCUT2D eigenvalue weighted by Gasteiger charge is 2.30. The highest BCUT2D eigenvalue weighted by atomic mass is 32.2. The summed E-state index contributed by atoms with van der Waals surface area (Å²) in [5, 5.41) is 12.6. The van der Waals surface area contributed by atoms with Crippen LogP contribution in [0.2, 0.25) is 0 Å². The van der Waals surface area contributed by atoms with Crippen LogP contribution >= 0.6 is 11.8 Å². The second kappa shape index (κ2) is 5.90. The molecule has 7 heteroatoms. The van der Waals surface area contributed by atoms with Crippen molar-refractivity contribution in [3.05, 3.63) is 23.9 Å². The summed E-state index contributed by atoms with van der Waals surface area (Å²) in [7, 11) is 1.72. The van der Waals surface area contributed by atoms with E-state index in [0.717, 1.165) is 12.3 Å². The number of alkyl halides is 3. The molecule has 0 saturated carbocycles. The predicted molar refractivity (Wildman–Crippen MR) is 64.5 cm³/mol. The minimum absolute atomic E-state index is 0.0584. The number of likely N-dealkylation sites (N-methyl/N-ethyl adjacent to an activating group) is 1. The Hall–Kier alpha value is -0.790. The first-order valence-corrected chi connectivity index (χ1v) is 6.25. The smallest absolute Gasteiger partial charge is 0.394 e. The van der Waals surface area contributed by atoms with Crippen molar-refractivity contribution in [1.82, 2.24) is 10.3 Å². The summed E-state index contributed by atoms with van der Waals surface area (Å²) in [6.07, 6.45) is -3.54. The van der Waals surface area contributed by atoms with Crippen molar-refractivity contribution in [2.45, 2.75) is 23.7 Å². The second-order valence-corrected chi connectivity index (χ2v) is 5.14. The summed E-state index contributed by atoms with van der Waals surface area (Å²) in [5.41, 5.74) is -1.24. The molecule has 18 heavy (non-hydrogen) atoms. The van der Waals surface area contributed by atoms with Crippen LogP contribution in [0.4, 0.5) is 13.2 Å². The molecule has 1 unspecified atom stereocenters. The number of aromatic nitrogens is 1. The van der Waals surface area contributed by atoms with Crippen molar-refractivity contribution in [2.75, 3.05) is 19.4 Å². The van der Waals surface area contributed by atoms with Gasteiger partial charge in [0.15, 0.2) is 0 Å². The average molecular weight is 280 g/mol. The molecule has 0 aliphatic carbocycles. The number of nitrogens with zero attached hydrogens (tertiary/aromatic N) is 1. The van der Waals surface area contributed by atoms with Crippen LogP contribution in [0, 0.1) is 0 Å². The number of nitrogens with one attached hydrogen (secondary N) is 1. The van der Waals surface area contributed by atoms with E-state index in [2.05, 4.69) is 10.3 Å². The van der Waals surface area contributed by atoms with E-state index in [9.17, 15) is 13.2 Å². The van der Waals surface area contributed by atoms with Gasteiger partial charge >= 0.3 is 6.18 Å². The molecule has 3 nitrogen and oxygen atoms in total. The lowest BCUT2D eigenvalue weighted by Crippen LogP contribution is -2.45. The van der Waals surface area contributed by atoms with Gasteiger partial charge in [-0.15, -0.1) is 11.8 Å². The third-order valence-electron chi connectivity index (χ3n) is 2.55. The van der Waals surface area contributed by atoms with E-state index in [4.69, 9.17) is 5.11 Å². The average Bonchev–Trinajstić information content (AvgIpc) is 2.35. The van der Waals surface area contributed by atoms with E-state index in [1.807, 2.05) is 6.92 Å². The Labute approximate surface area is 108 Å². The Morgan fingerprint density at radius 2 is 2.06 bits per heavy atom. The molecule has 0 bridgehead atoms. The second-order valence-electron chi connectivity index (χ2n) is 4.14. The number of hydrogen-bond acceptors (Lipinski definition) is 4. The fraction of sp³-hybridized carbons (Fsp3) is 0.545. The molecule has 0 aliphatic rings. The highest BCUT2D eigenvalue weighted by Crippen LogP contribution is 2.30. The number of thioether (sulfide) groups is 1. The molecule has 0 aromatic carbocycles. The first-order chi connectivity index (χ1) is 8.30. The maximum absolute atomic E-state index is 12.3. The van der Waals surface area contributed by atoms with Gasteiger partial charge in [-0.3, -0.25) is 0 Å². The lowest BCUT2D eigenvalue weighted by atomic mass is 10.1. The largest absolute Gasteiger partial charge is 0.417 e. The lowest BCUT2D eigenvalue weighted by molar-refractivity contribution is -0.137. The van der Waals surface area contributed by atoms with Gasteiger partial charge in [0.25, 0.3) is 0 Å². The maximum Gasteiger partial charge on any atom is 0.417 e. The summed E-state index contributed by atoms with van der Waals surface area (Å²) in [4.78, 5) is 3.75. The zero-order chi connectivity index (χ0) is 13.8. The van der Waals surface area contributed by atoms with E-state index in [1.165, 1.54) is 17.8 Å².